The van der Waals surface area contributed by atoms with E-state index < -0.39 is 24.1 Å². The maximum Gasteiger partial charge on any atom is 0.320 e. The van der Waals surface area contributed by atoms with Crippen LogP contribution in [0.3, 0.4) is 0 Å². The molecule has 54 valence electrons. The maximum atomic E-state index is 10.5. The fourth-order valence-electron chi connectivity index (χ4n) is 0.159. The van der Waals surface area contributed by atoms with Crippen molar-refractivity contribution in [3.63, 3.8) is 0 Å². The van der Waals surface area contributed by atoms with Gasteiger partial charge in [-0.3, -0.25) is 4.79 Å². The Bertz CT molecular complexity index is 244. The van der Waals surface area contributed by atoms with Crippen LogP contribution in [-0.2, 0) is 4.79 Å². The van der Waals surface area contributed by atoms with E-state index in [4.69, 9.17) is 17.7 Å². The molecule has 0 saturated carbocycles. The number of carboxylic acids is 1. The number of thioether (sulfide) groups is 1. The number of aliphatic carboxylic acids is 1. The Labute approximate surface area is 65.6 Å². The van der Waals surface area contributed by atoms with Crippen LogP contribution in [0.25, 0.3) is 0 Å². The average molecular weight is 155 g/mol. The summed E-state index contributed by atoms with van der Waals surface area (Å²) in [4.78, 5) is 10.5. The Morgan fingerprint density at radius 1 is 2.22 bits per heavy atom. The van der Waals surface area contributed by atoms with Gasteiger partial charge in [-0.25, -0.2) is 0 Å². The van der Waals surface area contributed by atoms with Gasteiger partial charge >= 0.3 is 5.97 Å². The zero-order valence-electron chi connectivity index (χ0n) is 9.84. The Hall–Kier alpha value is -0.220. The molecule has 9 heavy (non-hydrogen) atoms. The average Bonchev–Trinajstić information content (AvgIpc) is 2.03. The van der Waals surface area contributed by atoms with E-state index in [0.29, 0.717) is 11.8 Å². The lowest BCUT2D eigenvalue weighted by Gasteiger charge is -2.02. The predicted molar refractivity (Wildman–Crippen MR) is 38.6 cm³/mol. The highest BCUT2D eigenvalue weighted by Gasteiger charge is 2.08. The molecule has 0 aliphatic heterocycles. The van der Waals surface area contributed by atoms with Gasteiger partial charge in [0.15, 0.2) is 0 Å². The van der Waals surface area contributed by atoms with Gasteiger partial charge in [0.25, 0.3) is 0 Å². The lowest BCUT2D eigenvalue weighted by atomic mass is 10.2. The molecule has 0 aromatic rings. The topological polar surface area (TPSA) is 63.3 Å². The van der Waals surface area contributed by atoms with Gasteiger partial charge in [0, 0.05) is 5.48 Å². The van der Waals surface area contributed by atoms with E-state index in [1.165, 1.54) is 6.26 Å². The minimum atomic E-state index is -3.01. The van der Waals surface area contributed by atoms with Crippen molar-refractivity contribution < 1.29 is 16.8 Å². The van der Waals surface area contributed by atoms with Gasteiger partial charge in [-0.05, 0) is 18.3 Å². The summed E-state index contributed by atoms with van der Waals surface area (Å²) >= 11 is 0.473. The summed E-state index contributed by atoms with van der Waals surface area (Å²) in [7, 11) is 0. The summed E-state index contributed by atoms with van der Waals surface area (Å²) in [5.41, 5.74) is 2.40. The molecule has 3 nitrogen and oxygen atoms in total. The van der Waals surface area contributed by atoms with E-state index in [-0.39, 0.29) is 0 Å². The lowest BCUT2D eigenvalue weighted by Crippen LogP contribution is -2.30. The molecule has 4 heteroatoms. The molecule has 0 aromatic heterocycles. The Balaban J connectivity index is 5.24. The summed E-state index contributed by atoms with van der Waals surface area (Å²) in [5, 5.41) is 8.51. The van der Waals surface area contributed by atoms with E-state index >= 15 is 0 Å². The number of carboxylic acid groups (broad SMARTS) is 1. The monoisotopic (exact) mass is 155 g/mol. The van der Waals surface area contributed by atoms with Crippen molar-refractivity contribution in [1.29, 1.82) is 0 Å². The molecule has 0 aliphatic carbocycles. The summed E-state index contributed by atoms with van der Waals surface area (Å²) in [5.74, 6) is -1.90. The Kier molecular flexibility index (Phi) is 1.68. The summed E-state index contributed by atoms with van der Waals surface area (Å²) in [6.07, 6.45) is -1.72. The molecule has 3 N–H and O–H groups in total. The minimum absolute atomic E-state index is 0.473. The first-order valence-corrected chi connectivity index (χ1v) is 3.30. The molecule has 0 aromatic carbocycles. The molecule has 0 fully saturated rings. The zero-order chi connectivity index (χ0) is 11.8. The van der Waals surface area contributed by atoms with E-state index in [2.05, 4.69) is 0 Å². The molecule has 0 spiro atoms. The van der Waals surface area contributed by atoms with Crippen molar-refractivity contribution in [2.75, 3.05) is 12.0 Å². The normalized spacial score (nSPS) is 28.0. The van der Waals surface area contributed by atoms with Gasteiger partial charge < -0.3 is 10.8 Å². The van der Waals surface area contributed by atoms with Crippen molar-refractivity contribution >= 4 is 17.7 Å². The molecule has 1 atom stereocenters. The number of nitrogens with two attached hydrogens (primary N) is 1. The molecule has 0 radical (unpaired) electrons. The van der Waals surface area contributed by atoms with E-state index in [9.17, 15) is 4.79 Å². The lowest BCUT2D eigenvalue weighted by molar-refractivity contribution is -0.138. The number of hydrogen-bond donors (Lipinski definition) is 2. The van der Waals surface area contributed by atoms with Crippen LogP contribution in [0.5, 0.6) is 0 Å². The van der Waals surface area contributed by atoms with Gasteiger partial charge in [-0.1, -0.05) is 0 Å². The van der Waals surface area contributed by atoms with Crippen LogP contribution < -0.4 is 5.73 Å². The smallest absolute Gasteiger partial charge is 0.320 e. The van der Waals surface area contributed by atoms with Crippen LogP contribution in [0.2, 0.25) is 0 Å². The SMILES string of the molecule is [2H]C([2H])(S[13CH3])C([2H])([2H])[C@]([2H])(N)C(=O)O. The van der Waals surface area contributed by atoms with Crippen LogP contribution in [0.4, 0.5) is 0 Å². The van der Waals surface area contributed by atoms with Gasteiger partial charge in [0.05, 0.1) is 1.37 Å². The quantitative estimate of drug-likeness (QED) is 0.567. The van der Waals surface area contributed by atoms with E-state index in [0.717, 1.165) is 0 Å². The van der Waals surface area contributed by atoms with Gasteiger partial charge in [0.1, 0.15) is 6.02 Å². The number of hydrogen-bond acceptors (Lipinski definition) is 3. The Morgan fingerprint density at radius 2 is 2.78 bits per heavy atom. The fourth-order valence-corrected chi connectivity index (χ4v) is 0.371. The predicted octanol–water partition coefficient (Wildman–Crippen LogP) is 0.151. The van der Waals surface area contributed by atoms with Crippen molar-refractivity contribution in [2.24, 2.45) is 5.73 Å². The highest BCUT2D eigenvalue weighted by atomic mass is 32.2. The second kappa shape index (κ2) is 4.64. The third-order valence-corrected chi connectivity index (χ3v) is 0.824. The first-order valence-electron chi connectivity index (χ1n) is 4.58. The van der Waals surface area contributed by atoms with E-state index in [1.54, 1.807) is 0 Å². The van der Waals surface area contributed by atoms with Gasteiger partial charge in [0.2, 0.25) is 0 Å². The summed E-state index contributed by atoms with van der Waals surface area (Å²) < 4.78 is 36.0. The molecule has 0 aliphatic rings. The third kappa shape index (κ3) is 4.29. The Morgan fingerprint density at radius 3 is 3.11 bits per heavy atom. The van der Waals surface area contributed by atoms with Gasteiger partial charge in [-0.2, -0.15) is 11.8 Å². The fraction of sp³-hybridized carbons (Fsp3) is 0.800. The van der Waals surface area contributed by atoms with Crippen molar-refractivity contribution in [2.45, 2.75) is 12.4 Å². The van der Waals surface area contributed by atoms with E-state index in [1.807, 2.05) is 0 Å². The van der Waals surface area contributed by atoms with Crippen LogP contribution in [0.15, 0.2) is 0 Å². The zero-order valence-corrected chi connectivity index (χ0v) is 5.66. The van der Waals surface area contributed by atoms with Crippen molar-refractivity contribution in [1.82, 2.24) is 0 Å². The molecular weight excluding hydrogens is 139 g/mol. The molecular formula is C5H11NO2S. The maximum absolute atomic E-state index is 10.5. The first kappa shape index (κ1) is 3.25. The van der Waals surface area contributed by atoms with Crippen LogP contribution in [-0.4, -0.2) is 29.1 Å². The molecule has 0 amide bonds. The van der Waals surface area contributed by atoms with Crippen molar-refractivity contribution in [3.8, 4) is 0 Å². The summed E-state index contributed by atoms with van der Waals surface area (Å²) in [6, 6.07) is -3.01. The number of rotatable bonds is 4. The molecule has 0 saturated heterocycles. The second-order valence-corrected chi connectivity index (χ2v) is 1.76. The van der Waals surface area contributed by atoms with Gasteiger partial charge in [-0.15, -0.1) is 0 Å². The molecule has 0 unspecified atom stereocenters. The highest BCUT2D eigenvalue weighted by Crippen LogP contribution is 1.97. The van der Waals surface area contributed by atoms with Crippen LogP contribution >= 0.6 is 11.8 Å². The second-order valence-electron chi connectivity index (χ2n) is 1.15. The number of carbonyl (C=O) groups is 1. The third-order valence-electron chi connectivity index (χ3n) is 0.518. The van der Waals surface area contributed by atoms with Crippen molar-refractivity contribution in [3.05, 3.63) is 0 Å². The largest absolute Gasteiger partial charge is 0.480 e. The minimum Gasteiger partial charge on any atom is -0.480 e. The highest BCUT2D eigenvalue weighted by molar-refractivity contribution is 7.98. The summed E-state index contributed by atoms with van der Waals surface area (Å²) in [6.45, 7) is 0. The van der Waals surface area contributed by atoms with Crippen LogP contribution in [0, 0.1) is 0 Å². The molecule has 0 heterocycles. The molecule has 0 rings (SSSR count). The van der Waals surface area contributed by atoms with Crippen LogP contribution in [0.1, 0.15) is 13.2 Å². The molecule has 0 bridgehead atoms. The first-order chi connectivity index (χ1) is 6.00. The standard InChI is InChI=1S/C5H11NO2S/c1-9-3-2-4(6)5(7)8/h4H,2-3,6H2,1H3,(H,7,8)/t4-/m0/s1/i1+1,2D2,3D2,4D.